The molecule has 0 unspecified atom stereocenters. The van der Waals surface area contributed by atoms with Crippen molar-refractivity contribution < 1.29 is 17.9 Å². The molecule has 2 aromatic rings. The molecule has 0 aromatic heterocycles. The third kappa shape index (κ3) is 4.42. The van der Waals surface area contributed by atoms with Crippen molar-refractivity contribution in [3.63, 3.8) is 0 Å². The van der Waals surface area contributed by atoms with Gasteiger partial charge in [-0.1, -0.05) is 19.9 Å². The van der Waals surface area contributed by atoms with E-state index in [9.17, 15) is 13.2 Å². The van der Waals surface area contributed by atoms with Gasteiger partial charge in [-0.3, -0.25) is 9.52 Å². The predicted molar refractivity (Wildman–Crippen MR) is 106 cm³/mol. The standard InChI is InChI=1S/C20H24N2O4S/c1-14(2)13-26-18-6-8-19(9-7-18)27(24,25)21-17-5-4-16-10-11-22(15(3)23)20(16)12-17/h4-9,12,14,21H,10-11,13H2,1-3H3. The van der Waals surface area contributed by atoms with Crippen LogP contribution < -0.4 is 14.4 Å². The number of benzene rings is 2. The summed E-state index contributed by atoms with van der Waals surface area (Å²) in [4.78, 5) is 13.5. The zero-order chi connectivity index (χ0) is 19.6. The molecule has 0 atom stereocenters. The fourth-order valence-electron chi connectivity index (χ4n) is 2.96. The van der Waals surface area contributed by atoms with Gasteiger partial charge in [0, 0.05) is 19.2 Å². The first-order valence-corrected chi connectivity index (χ1v) is 10.4. The number of anilines is 2. The SMILES string of the molecule is CC(=O)N1CCc2ccc(NS(=O)(=O)c3ccc(OCC(C)C)cc3)cc21. The highest BCUT2D eigenvalue weighted by Crippen LogP contribution is 2.31. The summed E-state index contributed by atoms with van der Waals surface area (Å²) in [5.74, 6) is 0.979. The van der Waals surface area contributed by atoms with E-state index in [1.165, 1.54) is 19.1 Å². The second kappa shape index (κ2) is 7.60. The van der Waals surface area contributed by atoms with Gasteiger partial charge in [-0.25, -0.2) is 8.42 Å². The lowest BCUT2D eigenvalue weighted by Gasteiger charge is -2.16. The number of ether oxygens (including phenoxy) is 1. The average Bonchev–Trinajstić information content (AvgIpc) is 3.03. The maximum Gasteiger partial charge on any atom is 0.261 e. The van der Waals surface area contributed by atoms with E-state index in [0.717, 1.165) is 17.7 Å². The first-order chi connectivity index (χ1) is 12.8. The lowest BCUT2D eigenvalue weighted by atomic mass is 10.1. The number of fused-ring (bicyclic) bond motifs is 1. The first kappa shape index (κ1) is 19.2. The number of hydrogen-bond acceptors (Lipinski definition) is 4. The fourth-order valence-corrected chi connectivity index (χ4v) is 4.01. The average molecular weight is 388 g/mol. The van der Waals surface area contributed by atoms with Crippen LogP contribution in [0.2, 0.25) is 0 Å². The van der Waals surface area contributed by atoms with E-state index in [1.807, 2.05) is 19.9 Å². The van der Waals surface area contributed by atoms with Crippen molar-refractivity contribution in [1.82, 2.24) is 0 Å². The van der Waals surface area contributed by atoms with E-state index in [0.29, 0.717) is 30.5 Å². The van der Waals surface area contributed by atoms with Crippen molar-refractivity contribution in [3.05, 3.63) is 48.0 Å². The maximum atomic E-state index is 12.7. The fraction of sp³-hybridized carbons (Fsp3) is 0.350. The summed E-state index contributed by atoms with van der Waals surface area (Å²) in [5.41, 5.74) is 2.24. The first-order valence-electron chi connectivity index (χ1n) is 8.93. The molecule has 0 spiro atoms. The van der Waals surface area contributed by atoms with Crippen LogP contribution in [0.15, 0.2) is 47.4 Å². The topological polar surface area (TPSA) is 75.7 Å². The molecule has 1 N–H and O–H groups in total. The van der Waals surface area contributed by atoms with Crippen LogP contribution >= 0.6 is 0 Å². The smallest absolute Gasteiger partial charge is 0.261 e. The Kier molecular flexibility index (Phi) is 5.41. The van der Waals surface area contributed by atoms with Crippen LogP contribution in [0.4, 0.5) is 11.4 Å². The Morgan fingerprint density at radius 3 is 2.52 bits per heavy atom. The number of hydrogen-bond donors (Lipinski definition) is 1. The Labute approximate surface area is 160 Å². The molecule has 7 heteroatoms. The summed E-state index contributed by atoms with van der Waals surface area (Å²) in [7, 11) is -3.73. The van der Waals surface area contributed by atoms with E-state index in [2.05, 4.69) is 4.72 Å². The maximum absolute atomic E-state index is 12.7. The lowest BCUT2D eigenvalue weighted by molar-refractivity contribution is -0.116. The molecular formula is C20H24N2O4S. The molecule has 3 rings (SSSR count). The molecule has 1 heterocycles. The van der Waals surface area contributed by atoms with Gasteiger partial charge in [0.15, 0.2) is 0 Å². The highest BCUT2D eigenvalue weighted by Gasteiger charge is 2.23. The summed E-state index contributed by atoms with van der Waals surface area (Å²) in [6.07, 6.45) is 0.778. The van der Waals surface area contributed by atoms with Gasteiger partial charge in [0.1, 0.15) is 5.75 Å². The van der Waals surface area contributed by atoms with Crippen LogP contribution in [-0.4, -0.2) is 27.5 Å². The Bertz CT molecular complexity index is 937. The Morgan fingerprint density at radius 1 is 1.19 bits per heavy atom. The summed E-state index contributed by atoms with van der Waals surface area (Å²) in [6, 6.07) is 11.6. The molecule has 1 aliphatic rings. The van der Waals surface area contributed by atoms with E-state index < -0.39 is 10.0 Å². The quantitative estimate of drug-likeness (QED) is 0.823. The minimum atomic E-state index is -3.73. The highest BCUT2D eigenvalue weighted by atomic mass is 32.2. The zero-order valence-corrected chi connectivity index (χ0v) is 16.5. The second-order valence-corrected chi connectivity index (χ2v) is 8.73. The van der Waals surface area contributed by atoms with Crippen LogP contribution in [0.5, 0.6) is 5.75 Å². The molecule has 1 aliphatic heterocycles. The molecule has 1 amide bonds. The van der Waals surface area contributed by atoms with Crippen LogP contribution in [-0.2, 0) is 21.2 Å². The van der Waals surface area contributed by atoms with Gasteiger partial charge in [0.05, 0.1) is 17.2 Å². The molecule has 2 aromatic carbocycles. The molecule has 0 saturated heterocycles. The van der Waals surface area contributed by atoms with Gasteiger partial charge in [-0.2, -0.15) is 0 Å². The molecule has 0 aliphatic carbocycles. The van der Waals surface area contributed by atoms with Crippen molar-refractivity contribution in [3.8, 4) is 5.75 Å². The van der Waals surface area contributed by atoms with Gasteiger partial charge < -0.3 is 9.64 Å². The number of nitrogens with zero attached hydrogens (tertiary/aromatic N) is 1. The summed E-state index contributed by atoms with van der Waals surface area (Å²) in [5, 5.41) is 0. The van der Waals surface area contributed by atoms with Crippen LogP contribution in [0.1, 0.15) is 26.3 Å². The van der Waals surface area contributed by atoms with Crippen molar-refractivity contribution in [2.24, 2.45) is 5.92 Å². The number of amides is 1. The van der Waals surface area contributed by atoms with Crippen molar-refractivity contribution in [2.45, 2.75) is 32.1 Å². The van der Waals surface area contributed by atoms with Gasteiger partial charge >= 0.3 is 0 Å². The Hall–Kier alpha value is -2.54. The molecule has 27 heavy (non-hydrogen) atoms. The second-order valence-electron chi connectivity index (χ2n) is 7.05. The summed E-state index contributed by atoms with van der Waals surface area (Å²) in [6.45, 7) is 6.80. The molecule has 0 bridgehead atoms. The van der Waals surface area contributed by atoms with Gasteiger partial charge in [-0.05, 0) is 54.3 Å². The van der Waals surface area contributed by atoms with Crippen molar-refractivity contribution >= 4 is 27.3 Å². The van der Waals surface area contributed by atoms with E-state index >= 15 is 0 Å². The molecule has 0 saturated carbocycles. The van der Waals surface area contributed by atoms with E-state index in [4.69, 9.17) is 4.74 Å². The van der Waals surface area contributed by atoms with Crippen LogP contribution in [0.3, 0.4) is 0 Å². The van der Waals surface area contributed by atoms with E-state index in [-0.39, 0.29) is 10.8 Å². The third-order valence-electron chi connectivity index (χ3n) is 4.33. The summed E-state index contributed by atoms with van der Waals surface area (Å²) < 4.78 is 33.5. The molecule has 6 nitrogen and oxygen atoms in total. The largest absolute Gasteiger partial charge is 0.493 e. The molecule has 0 fully saturated rings. The number of nitrogens with one attached hydrogen (secondary N) is 1. The monoisotopic (exact) mass is 388 g/mol. The third-order valence-corrected chi connectivity index (χ3v) is 5.73. The molecule has 0 radical (unpaired) electrons. The number of carbonyl (C=O) groups is 1. The van der Waals surface area contributed by atoms with Crippen molar-refractivity contribution in [1.29, 1.82) is 0 Å². The van der Waals surface area contributed by atoms with Crippen LogP contribution in [0, 0.1) is 5.92 Å². The van der Waals surface area contributed by atoms with E-state index in [1.54, 1.807) is 29.2 Å². The van der Waals surface area contributed by atoms with Gasteiger partial charge in [0.25, 0.3) is 10.0 Å². The number of sulfonamides is 1. The number of carbonyl (C=O) groups excluding carboxylic acids is 1. The minimum absolute atomic E-state index is 0.0502. The zero-order valence-electron chi connectivity index (χ0n) is 15.7. The van der Waals surface area contributed by atoms with Crippen molar-refractivity contribution in [2.75, 3.05) is 22.8 Å². The summed E-state index contributed by atoms with van der Waals surface area (Å²) >= 11 is 0. The van der Waals surface area contributed by atoms with Crippen LogP contribution in [0.25, 0.3) is 0 Å². The Balaban J connectivity index is 1.77. The Morgan fingerprint density at radius 2 is 1.89 bits per heavy atom. The predicted octanol–water partition coefficient (Wildman–Crippen LogP) is 3.43. The minimum Gasteiger partial charge on any atom is -0.493 e. The molecule has 144 valence electrons. The number of rotatable bonds is 6. The molecular weight excluding hydrogens is 364 g/mol. The lowest BCUT2D eigenvalue weighted by Crippen LogP contribution is -2.25. The highest BCUT2D eigenvalue weighted by molar-refractivity contribution is 7.92. The normalized spacial score (nSPS) is 13.6. The van der Waals surface area contributed by atoms with Gasteiger partial charge in [-0.15, -0.1) is 0 Å². The van der Waals surface area contributed by atoms with Gasteiger partial charge in [0.2, 0.25) is 5.91 Å².